The fourth-order valence-corrected chi connectivity index (χ4v) is 3.20. The molecule has 0 aliphatic carbocycles. The monoisotopic (exact) mass is 252 g/mol. The van der Waals surface area contributed by atoms with Crippen LogP contribution in [0.15, 0.2) is 16.8 Å². The smallest absolute Gasteiger partial charge is 0.0246 e. The van der Waals surface area contributed by atoms with Gasteiger partial charge in [0.1, 0.15) is 0 Å². The number of nitrogens with zero attached hydrogens (tertiary/aromatic N) is 1. The van der Waals surface area contributed by atoms with Crippen LogP contribution < -0.4 is 5.32 Å². The van der Waals surface area contributed by atoms with Gasteiger partial charge in [-0.3, -0.25) is 4.90 Å². The van der Waals surface area contributed by atoms with Gasteiger partial charge >= 0.3 is 0 Å². The Morgan fingerprint density at radius 1 is 1.53 bits per heavy atom. The molecule has 2 heterocycles. The van der Waals surface area contributed by atoms with Crippen LogP contribution in [0.5, 0.6) is 0 Å². The fourth-order valence-electron chi connectivity index (χ4n) is 2.54. The number of piperazine rings is 1. The highest BCUT2D eigenvalue weighted by Crippen LogP contribution is 2.19. The average Bonchev–Trinajstić information content (AvgIpc) is 2.81. The van der Waals surface area contributed by atoms with E-state index in [4.69, 9.17) is 0 Å². The van der Waals surface area contributed by atoms with E-state index >= 15 is 0 Å². The molecule has 1 aromatic heterocycles. The van der Waals surface area contributed by atoms with E-state index in [-0.39, 0.29) is 0 Å². The van der Waals surface area contributed by atoms with Crippen LogP contribution in [0.2, 0.25) is 0 Å². The normalized spacial score (nSPS) is 26.6. The molecular formula is C14H24N2S. The topological polar surface area (TPSA) is 15.3 Å². The summed E-state index contributed by atoms with van der Waals surface area (Å²) in [5.41, 5.74) is 1.47. The zero-order chi connectivity index (χ0) is 12.3. The zero-order valence-electron chi connectivity index (χ0n) is 11.1. The SMILES string of the molecule is CCC1CNC(C(C)C)CN1Cc1ccsc1. The molecule has 0 amide bonds. The third kappa shape index (κ3) is 3.30. The number of hydrogen-bond acceptors (Lipinski definition) is 3. The van der Waals surface area contributed by atoms with Crippen molar-refractivity contribution in [1.29, 1.82) is 0 Å². The van der Waals surface area contributed by atoms with Crippen molar-refractivity contribution >= 4 is 11.3 Å². The van der Waals surface area contributed by atoms with E-state index in [1.165, 1.54) is 18.5 Å². The minimum atomic E-state index is 0.649. The number of hydrogen-bond donors (Lipinski definition) is 1. The maximum atomic E-state index is 3.69. The van der Waals surface area contributed by atoms with Crippen molar-refractivity contribution in [3.8, 4) is 0 Å². The second kappa shape index (κ2) is 5.98. The molecular weight excluding hydrogens is 228 g/mol. The molecule has 0 spiro atoms. The Hall–Kier alpha value is -0.380. The number of rotatable bonds is 4. The summed E-state index contributed by atoms with van der Waals surface area (Å²) in [6, 6.07) is 3.60. The lowest BCUT2D eigenvalue weighted by atomic mass is 9.98. The summed E-state index contributed by atoms with van der Waals surface area (Å²) in [6.45, 7) is 10.4. The summed E-state index contributed by atoms with van der Waals surface area (Å²) < 4.78 is 0. The van der Waals surface area contributed by atoms with Crippen molar-refractivity contribution in [2.75, 3.05) is 13.1 Å². The predicted octanol–water partition coefficient (Wildman–Crippen LogP) is 2.96. The quantitative estimate of drug-likeness (QED) is 0.886. The lowest BCUT2D eigenvalue weighted by molar-refractivity contribution is 0.103. The van der Waals surface area contributed by atoms with Crippen LogP contribution >= 0.6 is 11.3 Å². The third-order valence-corrected chi connectivity index (χ3v) is 4.54. The molecule has 2 nitrogen and oxygen atoms in total. The van der Waals surface area contributed by atoms with Crippen molar-refractivity contribution in [2.45, 2.75) is 45.8 Å². The maximum Gasteiger partial charge on any atom is 0.0246 e. The van der Waals surface area contributed by atoms with Crippen LogP contribution in [0.3, 0.4) is 0 Å². The van der Waals surface area contributed by atoms with Gasteiger partial charge in [-0.25, -0.2) is 0 Å². The van der Waals surface area contributed by atoms with Gasteiger partial charge in [0.05, 0.1) is 0 Å². The number of thiophene rings is 1. The van der Waals surface area contributed by atoms with Gasteiger partial charge in [-0.2, -0.15) is 11.3 Å². The Morgan fingerprint density at radius 2 is 2.35 bits per heavy atom. The molecule has 1 saturated heterocycles. The molecule has 2 atom stereocenters. The van der Waals surface area contributed by atoms with Crippen LogP contribution in [0.4, 0.5) is 0 Å². The molecule has 1 aromatic rings. The molecule has 0 radical (unpaired) electrons. The van der Waals surface area contributed by atoms with Crippen LogP contribution in [0.25, 0.3) is 0 Å². The molecule has 0 aromatic carbocycles. The first-order chi connectivity index (χ1) is 8.20. The molecule has 0 bridgehead atoms. The zero-order valence-corrected chi connectivity index (χ0v) is 12.0. The molecule has 1 fully saturated rings. The largest absolute Gasteiger partial charge is 0.311 e. The molecule has 1 N–H and O–H groups in total. The summed E-state index contributed by atoms with van der Waals surface area (Å²) in [5.74, 6) is 0.720. The average molecular weight is 252 g/mol. The Kier molecular flexibility index (Phi) is 4.60. The van der Waals surface area contributed by atoms with Gasteiger partial charge in [-0.1, -0.05) is 20.8 Å². The van der Waals surface area contributed by atoms with E-state index in [1.807, 2.05) is 0 Å². The first kappa shape index (κ1) is 13.1. The lowest BCUT2D eigenvalue weighted by Crippen LogP contribution is -2.57. The minimum absolute atomic E-state index is 0.649. The van der Waals surface area contributed by atoms with E-state index in [2.05, 4.69) is 47.8 Å². The van der Waals surface area contributed by atoms with E-state index < -0.39 is 0 Å². The highest BCUT2D eigenvalue weighted by atomic mass is 32.1. The summed E-state index contributed by atoms with van der Waals surface area (Å²) in [5, 5.41) is 8.15. The molecule has 3 heteroatoms. The Bertz CT molecular complexity index is 321. The van der Waals surface area contributed by atoms with Crippen molar-refractivity contribution in [3.05, 3.63) is 22.4 Å². The summed E-state index contributed by atoms with van der Waals surface area (Å²) in [6.07, 6.45) is 1.24. The first-order valence-corrected chi connectivity index (χ1v) is 7.63. The van der Waals surface area contributed by atoms with Crippen molar-refractivity contribution in [3.63, 3.8) is 0 Å². The van der Waals surface area contributed by atoms with E-state index in [0.29, 0.717) is 12.1 Å². The van der Waals surface area contributed by atoms with Crippen LogP contribution in [0.1, 0.15) is 32.8 Å². The lowest BCUT2D eigenvalue weighted by Gasteiger charge is -2.41. The molecule has 2 rings (SSSR count). The summed E-state index contributed by atoms with van der Waals surface area (Å²) >= 11 is 1.80. The molecule has 1 aliphatic rings. The van der Waals surface area contributed by atoms with Crippen LogP contribution in [-0.4, -0.2) is 30.1 Å². The molecule has 1 aliphatic heterocycles. The minimum Gasteiger partial charge on any atom is -0.311 e. The van der Waals surface area contributed by atoms with Crippen LogP contribution in [-0.2, 0) is 6.54 Å². The fraction of sp³-hybridized carbons (Fsp3) is 0.714. The standard InChI is InChI=1S/C14H24N2S/c1-4-13-7-15-14(11(2)3)9-16(13)8-12-5-6-17-10-12/h5-6,10-11,13-15H,4,7-9H2,1-3H3. The molecule has 2 unspecified atom stereocenters. The van der Waals surface area contributed by atoms with E-state index in [0.717, 1.165) is 19.0 Å². The van der Waals surface area contributed by atoms with Gasteiger partial charge in [0.15, 0.2) is 0 Å². The van der Waals surface area contributed by atoms with Gasteiger partial charge in [0.2, 0.25) is 0 Å². The summed E-state index contributed by atoms with van der Waals surface area (Å²) in [7, 11) is 0. The Morgan fingerprint density at radius 3 is 2.94 bits per heavy atom. The van der Waals surface area contributed by atoms with Crippen LogP contribution in [0, 0.1) is 5.92 Å². The van der Waals surface area contributed by atoms with Crippen molar-refractivity contribution in [2.24, 2.45) is 5.92 Å². The Balaban J connectivity index is 1.99. The molecule has 0 saturated carbocycles. The highest BCUT2D eigenvalue weighted by molar-refractivity contribution is 7.07. The van der Waals surface area contributed by atoms with Gasteiger partial charge in [-0.05, 0) is 34.7 Å². The first-order valence-electron chi connectivity index (χ1n) is 6.69. The van der Waals surface area contributed by atoms with Crippen molar-refractivity contribution in [1.82, 2.24) is 10.2 Å². The second-order valence-corrected chi connectivity index (χ2v) is 6.16. The summed E-state index contributed by atoms with van der Waals surface area (Å²) in [4.78, 5) is 2.66. The van der Waals surface area contributed by atoms with Gasteiger partial charge in [0.25, 0.3) is 0 Å². The second-order valence-electron chi connectivity index (χ2n) is 5.38. The maximum absolute atomic E-state index is 3.69. The van der Waals surface area contributed by atoms with E-state index in [9.17, 15) is 0 Å². The molecule has 17 heavy (non-hydrogen) atoms. The predicted molar refractivity (Wildman–Crippen MR) is 75.4 cm³/mol. The van der Waals surface area contributed by atoms with Gasteiger partial charge in [0, 0.05) is 31.7 Å². The molecule has 96 valence electrons. The van der Waals surface area contributed by atoms with E-state index in [1.54, 1.807) is 11.3 Å². The third-order valence-electron chi connectivity index (χ3n) is 3.81. The van der Waals surface area contributed by atoms with Gasteiger partial charge in [-0.15, -0.1) is 0 Å². The Labute approximate surface area is 109 Å². The van der Waals surface area contributed by atoms with Crippen molar-refractivity contribution < 1.29 is 0 Å². The van der Waals surface area contributed by atoms with Gasteiger partial charge < -0.3 is 5.32 Å². The number of nitrogens with one attached hydrogen (secondary N) is 1. The highest BCUT2D eigenvalue weighted by Gasteiger charge is 2.28.